The standard InChI is InChI=1S/C17H13ClN6OS2/c18-11-7-5-10(6-8-11)15-22-23-17(24(15)19)26-9-14(25)21-16-20-12-3-1-2-4-13(12)27-16/h1-8H,9,19H2,(H,20,21,25). The number of para-hydroxylation sites is 1. The van der Waals surface area contributed by atoms with Crippen LogP contribution in [0, 0.1) is 0 Å². The number of thioether (sulfide) groups is 1. The van der Waals surface area contributed by atoms with Crippen LogP contribution in [0.5, 0.6) is 0 Å². The summed E-state index contributed by atoms with van der Waals surface area (Å²) in [4.78, 5) is 16.6. The fourth-order valence-corrected chi connectivity index (χ4v) is 4.05. The molecule has 0 radical (unpaired) electrons. The van der Waals surface area contributed by atoms with Crippen LogP contribution in [0.4, 0.5) is 5.13 Å². The summed E-state index contributed by atoms with van der Waals surface area (Å²) in [5.74, 6) is 6.52. The Kier molecular flexibility index (Phi) is 4.97. The maximum Gasteiger partial charge on any atom is 0.236 e. The smallest absolute Gasteiger partial charge is 0.236 e. The largest absolute Gasteiger partial charge is 0.335 e. The van der Waals surface area contributed by atoms with Crippen molar-refractivity contribution in [3.8, 4) is 11.4 Å². The van der Waals surface area contributed by atoms with Crippen LogP contribution in [0.15, 0.2) is 53.7 Å². The Morgan fingerprint density at radius 1 is 1.19 bits per heavy atom. The average Bonchev–Trinajstić information content (AvgIpc) is 3.23. The number of thiazole rings is 1. The highest BCUT2D eigenvalue weighted by atomic mass is 35.5. The topological polar surface area (TPSA) is 98.7 Å². The highest BCUT2D eigenvalue weighted by Crippen LogP contribution is 2.26. The molecule has 2 heterocycles. The number of carbonyl (C=O) groups excluding carboxylic acids is 1. The lowest BCUT2D eigenvalue weighted by Gasteiger charge is -2.04. The van der Waals surface area contributed by atoms with Crippen LogP contribution in [0.2, 0.25) is 5.02 Å². The number of rotatable bonds is 5. The number of anilines is 1. The lowest BCUT2D eigenvalue weighted by Crippen LogP contribution is -2.16. The molecular formula is C17H13ClN6OS2. The van der Waals surface area contributed by atoms with Crippen LogP contribution in [-0.2, 0) is 4.79 Å². The van der Waals surface area contributed by atoms with Crippen molar-refractivity contribution in [1.29, 1.82) is 0 Å². The summed E-state index contributed by atoms with van der Waals surface area (Å²) in [6.45, 7) is 0. The molecule has 0 spiro atoms. The third-order valence-electron chi connectivity index (χ3n) is 3.64. The highest BCUT2D eigenvalue weighted by Gasteiger charge is 2.14. The van der Waals surface area contributed by atoms with E-state index in [1.54, 1.807) is 12.1 Å². The van der Waals surface area contributed by atoms with Gasteiger partial charge in [0.1, 0.15) is 0 Å². The number of benzene rings is 2. The molecule has 0 aliphatic rings. The predicted octanol–water partition coefficient (Wildman–Crippen LogP) is 3.65. The summed E-state index contributed by atoms with van der Waals surface area (Å²) >= 11 is 8.53. The fourth-order valence-electron chi connectivity index (χ4n) is 2.38. The lowest BCUT2D eigenvalue weighted by atomic mass is 10.2. The minimum atomic E-state index is -0.185. The van der Waals surface area contributed by atoms with Crippen LogP contribution in [-0.4, -0.2) is 31.5 Å². The zero-order valence-electron chi connectivity index (χ0n) is 13.8. The Hall–Kier alpha value is -2.62. The summed E-state index contributed by atoms with van der Waals surface area (Å²) in [7, 11) is 0. The monoisotopic (exact) mass is 416 g/mol. The molecule has 0 unspecified atom stereocenters. The first-order valence-corrected chi connectivity index (χ1v) is 10.0. The number of amides is 1. The maximum absolute atomic E-state index is 12.2. The van der Waals surface area contributed by atoms with Crippen LogP contribution in [0.1, 0.15) is 0 Å². The van der Waals surface area contributed by atoms with Crippen LogP contribution in [0.3, 0.4) is 0 Å². The molecule has 0 saturated carbocycles. The van der Waals surface area contributed by atoms with Gasteiger partial charge in [0.25, 0.3) is 0 Å². The summed E-state index contributed by atoms with van der Waals surface area (Å²) < 4.78 is 2.38. The molecule has 2 aromatic carbocycles. The minimum Gasteiger partial charge on any atom is -0.335 e. The van der Waals surface area contributed by atoms with Gasteiger partial charge in [-0.25, -0.2) is 9.66 Å². The van der Waals surface area contributed by atoms with Gasteiger partial charge >= 0.3 is 0 Å². The molecule has 4 aromatic rings. The number of nitrogens with one attached hydrogen (secondary N) is 1. The van der Waals surface area contributed by atoms with E-state index in [1.165, 1.54) is 27.8 Å². The highest BCUT2D eigenvalue weighted by molar-refractivity contribution is 7.99. The van der Waals surface area contributed by atoms with Gasteiger partial charge in [-0.05, 0) is 36.4 Å². The number of nitrogens with zero attached hydrogens (tertiary/aromatic N) is 4. The second-order valence-corrected chi connectivity index (χ2v) is 7.92. The van der Waals surface area contributed by atoms with Gasteiger partial charge in [-0.15, -0.1) is 10.2 Å². The van der Waals surface area contributed by atoms with E-state index in [1.807, 2.05) is 36.4 Å². The number of fused-ring (bicyclic) bond motifs is 1. The van der Waals surface area contributed by atoms with Crippen LogP contribution < -0.4 is 11.2 Å². The maximum atomic E-state index is 12.2. The Morgan fingerprint density at radius 2 is 1.96 bits per heavy atom. The van der Waals surface area contributed by atoms with Gasteiger partial charge in [-0.2, -0.15) is 0 Å². The van der Waals surface area contributed by atoms with Crippen LogP contribution >= 0.6 is 34.7 Å². The first-order chi connectivity index (χ1) is 13.1. The van der Waals surface area contributed by atoms with E-state index in [4.69, 9.17) is 17.4 Å². The molecule has 2 aromatic heterocycles. The Morgan fingerprint density at radius 3 is 2.74 bits per heavy atom. The molecule has 0 atom stereocenters. The molecule has 0 fully saturated rings. The molecule has 136 valence electrons. The molecule has 4 rings (SSSR count). The van der Waals surface area contributed by atoms with Gasteiger partial charge in [0.05, 0.1) is 16.0 Å². The van der Waals surface area contributed by atoms with E-state index in [0.29, 0.717) is 21.1 Å². The average molecular weight is 417 g/mol. The van der Waals surface area contributed by atoms with Crippen molar-refractivity contribution in [3.63, 3.8) is 0 Å². The number of nitrogen functional groups attached to an aromatic ring is 1. The van der Waals surface area contributed by atoms with Crippen molar-refractivity contribution in [2.45, 2.75) is 5.16 Å². The first kappa shape index (κ1) is 17.8. The molecule has 7 nitrogen and oxygen atoms in total. The van der Waals surface area contributed by atoms with Gasteiger partial charge in [0.2, 0.25) is 11.1 Å². The number of nitrogens with two attached hydrogens (primary N) is 1. The Labute approximate surface area is 167 Å². The van der Waals surface area contributed by atoms with E-state index in [0.717, 1.165) is 15.8 Å². The zero-order valence-corrected chi connectivity index (χ0v) is 16.2. The van der Waals surface area contributed by atoms with Crippen LogP contribution in [0.25, 0.3) is 21.6 Å². The molecule has 0 aliphatic carbocycles. The van der Waals surface area contributed by atoms with E-state index < -0.39 is 0 Å². The molecule has 0 aliphatic heterocycles. The Balaban J connectivity index is 1.41. The molecule has 0 saturated heterocycles. The molecule has 10 heteroatoms. The Bertz CT molecular complexity index is 1080. The van der Waals surface area contributed by atoms with Crippen molar-refractivity contribution < 1.29 is 4.79 Å². The summed E-state index contributed by atoms with van der Waals surface area (Å²) in [6.07, 6.45) is 0. The number of carbonyl (C=O) groups is 1. The molecule has 1 amide bonds. The van der Waals surface area contributed by atoms with Gasteiger partial charge in [-0.1, -0.05) is 46.8 Å². The predicted molar refractivity (Wildman–Crippen MR) is 110 cm³/mol. The second-order valence-electron chi connectivity index (χ2n) is 5.51. The molecular weight excluding hydrogens is 404 g/mol. The van der Waals surface area contributed by atoms with Crippen molar-refractivity contribution in [2.24, 2.45) is 0 Å². The van der Waals surface area contributed by atoms with Crippen molar-refractivity contribution >= 4 is 56.0 Å². The molecule has 27 heavy (non-hydrogen) atoms. The SMILES string of the molecule is Nn1c(SCC(=O)Nc2nc3ccccc3s2)nnc1-c1ccc(Cl)cc1. The van der Waals surface area contributed by atoms with E-state index in [-0.39, 0.29) is 11.7 Å². The van der Waals surface area contributed by atoms with E-state index >= 15 is 0 Å². The number of halogens is 1. The first-order valence-electron chi connectivity index (χ1n) is 7.85. The summed E-state index contributed by atoms with van der Waals surface area (Å²) in [5.41, 5.74) is 1.65. The lowest BCUT2D eigenvalue weighted by molar-refractivity contribution is -0.113. The van der Waals surface area contributed by atoms with Gasteiger partial charge in [0, 0.05) is 10.6 Å². The third kappa shape index (κ3) is 3.90. The van der Waals surface area contributed by atoms with Crippen molar-refractivity contribution in [3.05, 3.63) is 53.6 Å². The second kappa shape index (κ2) is 7.55. The van der Waals surface area contributed by atoms with Gasteiger partial charge in [-0.3, -0.25) is 4.79 Å². The third-order valence-corrected chi connectivity index (χ3v) is 5.79. The number of hydrogen-bond donors (Lipinski definition) is 2. The van der Waals surface area contributed by atoms with E-state index in [9.17, 15) is 4.79 Å². The number of hydrogen-bond acceptors (Lipinski definition) is 7. The summed E-state index contributed by atoms with van der Waals surface area (Å²) in [5, 5.41) is 12.6. The summed E-state index contributed by atoms with van der Waals surface area (Å²) in [6, 6.07) is 14.9. The fraction of sp³-hybridized carbons (Fsp3) is 0.0588. The molecule has 3 N–H and O–H groups in total. The van der Waals surface area contributed by atoms with E-state index in [2.05, 4.69) is 20.5 Å². The normalized spacial score (nSPS) is 11.0. The number of aromatic nitrogens is 4. The molecule has 0 bridgehead atoms. The van der Waals surface area contributed by atoms with Gasteiger partial charge in [0.15, 0.2) is 11.0 Å². The van der Waals surface area contributed by atoms with Gasteiger partial charge < -0.3 is 11.2 Å². The quantitative estimate of drug-likeness (QED) is 0.380. The minimum absolute atomic E-state index is 0.145. The zero-order chi connectivity index (χ0) is 18.8. The van der Waals surface area contributed by atoms with Crippen molar-refractivity contribution in [1.82, 2.24) is 19.9 Å². The van der Waals surface area contributed by atoms with Crippen molar-refractivity contribution in [2.75, 3.05) is 16.9 Å².